The molecule has 8 nitrogen and oxygen atoms in total. The Morgan fingerprint density at radius 2 is 2.29 bits per heavy atom. The highest BCUT2D eigenvalue weighted by Crippen LogP contribution is 2.32. The van der Waals surface area contributed by atoms with E-state index in [9.17, 15) is 4.79 Å². The number of likely N-dealkylation sites (tertiary alicyclic amines) is 1. The van der Waals surface area contributed by atoms with Gasteiger partial charge >= 0.3 is 0 Å². The van der Waals surface area contributed by atoms with Gasteiger partial charge in [-0.3, -0.25) is 9.69 Å². The van der Waals surface area contributed by atoms with E-state index in [1.54, 1.807) is 12.5 Å². The Labute approximate surface area is 167 Å². The summed E-state index contributed by atoms with van der Waals surface area (Å²) in [5, 5.41) is 9.43. The number of hydrogen-bond donors (Lipinski definition) is 1. The molecule has 4 rings (SSSR count). The number of rotatable bonds is 5. The number of thiazole rings is 1. The molecule has 1 aliphatic rings. The molecule has 1 N–H and O–H groups in total. The average Bonchev–Trinajstić information content (AvgIpc) is 3.30. The van der Waals surface area contributed by atoms with Gasteiger partial charge in [0.15, 0.2) is 10.9 Å². The number of aromatic nitrogens is 4. The first-order chi connectivity index (χ1) is 13.6. The molecule has 0 aromatic carbocycles. The third-order valence-electron chi connectivity index (χ3n) is 4.76. The maximum atomic E-state index is 12.4. The van der Waals surface area contributed by atoms with Crippen molar-refractivity contribution in [3.63, 3.8) is 0 Å². The summed E-state index contributed by atoms with van der Waals surface area (Å²) in [5.41, 5.74) is 3.56. The molecule has 1 aliphatic heterocycles. The first kappa shape index (κ1) is 18.7. The van der Waals surface area contributed by atoms with Crippen molar-refractivity contribution in [3.05, 3.63) is 41.1 Å². The second kappa shape index (κ2) is 8.15. The molecular weight excluding hydrogens is 376 g/mol. The number of aryl methyl sites for hydroxylation is 2. The monoisotopic (exact) mass is 398 g/mol. The molecule has 1 atom stereocenters. The third-order valence-corrected chi connectivity index (χ3v) is 5.64. The van der Waals surface area contributed by atoms with Gasteiger partial charge in [0.25, 0.3) is 0 Å². The fourth-order valence-electron chi connectivity index (χ4n) is 3.54. The Bertz CT molecular complexity index is 969. The number of hydrogen-bond acceptors (Lipinski definition) is 8. The van der Waals surface area contributed by atoms with Crippen molar-refractivity contribution in [2.75, 3.05) is 25.0 Å². The zero-order valence-electron chi connectivity index (χ0n) is 15.9. The lowest BCUT2D eigenvalue weighted by molar-refractivity contribution is -0.117. The SMILES string of the molecule is Cc1cc(-c2cncnc2[C@@H]2CCCN(CC(=O)Nc3nc(C)cs3)C2)on1. The molecule has 0 unspecified atom stereocenters. The van der Waals surface area contributed by atoms with E-state index in [1.165, 1.54) is 11.3 Å². The van der Waals surface area contributed by atoms with Crippen LogP contribution in [0.25, 0.3) is 11.3 Å². The van der Waals surface area contributed by atoms with Gasteiger partial charge in [-0.1, -0.05) is 5.16 Å². The summed E-state index contributed by atoms with van der Waals surface area (Å²) in [6.45, 7) is 5.80. The van der Waals surface area contributed by atoms with E-state index in [1.807, 2.05) is 25.3 Å². The second-order valence-corrected chi connectivity index (χ2v) is 7.93. The molecule has 0 radical (unpaired) electrons. The minimum atomic E-state index is -0.0382. The summed E-state index contributed by atoms with van der Waals surface area (Å²) in [7, 11) is 0. The molecule has 0 spiro atoms. The molecule has 1 fully saturated rings. The van der Waals surface area contributed by atoms with Crippen molar-refractivity contribution in [2.45, 2.75) is 32.6 Å². The summed E-state index contributed by atoms with van der Waals surface area (Å²) in [6.07, 6.45) is 5.37. The van der Waals surface area contributed by atoms with Gasteiger partial charge in [0, 0.05) is 30.1 Å². The Morgan fingerprint density at radius 3 is 3.04 bits per heavy atom. The van der Waals surface area contributed by atoms with E-state index in [0.717, 1.165) is 48.6 Å². The zero-order chi connectivity index (χ0) is 19.5. The fraction of sp³-hybridized carbons (Fsp3) is 0.421. The minimum absolute atomic E-state index is 0.0382. The zero-order valence-corrected chi connectivity index (χ0v) is 16.7. The van der Waals surface area contributed by atoms with Crippen LogP contribution in [-0.2, 0) is 4.79 Å². The Morgan fingerprint density at radius 1 is 1.39 bits per heavy atom. The smallest absolute Gasteiger partial charge is 0.240 e. The van der Waals surface area contributed by atoms with Gasteiger partial charge in [0.05, 0.1) is 29.2 Å². The maximum Gasteiger partial charge on any atom is 0.240 e. The second-order valence-electron chi connectivity index (χ2n) is 7.07. The van der Waals surface area contributed by atoms with E-state index in [0.29, 0.717) is 17.4 Å². The predicted molar refractivity (Wildman–Crippen MR) is 106 cm³/mol. The summed E-state index contributed by atoms with van der Waals surface area (Å²) >= 11 is 1.44. The van der Waals surface area contributed by atoms with Gasteiger partial charge in [0.2, 0.25) is 5.91 Å². The van der Waals surface area contributed by atoms with Crippen LogP contribution in [0.2, 0.25) is 0 Å². The molecule has 3 aromatic heterocycles. The summed E-state index contributed by atoms with van der Waals surface area (Å²) in [6, 6.07) is 1.90. The first-order valence-corrected chi connectivity index (χ1v) is 10.1. The largest absolute Gasteiger partial charge is 0.356 e. The molecule has 9 heteroatoms. The molecular formula is C19H22N6O2S. The van der Waals surface area contributed by atoms with Gasteiger partial charge in [-0.2, -0.15) is 0 Å². The molecule has 1 saturated heterocycles. The van der Waals surface area contributed by atoms with Gasteiger partial charge < -0.3 is 9.84 Å². The predicted octanol–water partition coefficient (Wildman–Crippen LogP) is 3.02. The van der Waals surface area contributed by atoms with Gasteiger partial charge in [0.1, 0.15) is 6.33 Å². The highest BCUT2D eigenvalue weighted by molar-refractivity contribution is 7.13. The van der Waals surface area contributed by atoms with Crippen LogP contribution in [0, 0.1) is 13.8 Å². The summed E-state index contributed by atoms with van der Waals surface area (Å²) in [5.74, 6) is 0.859. The number of anilines is 1. The fourth-order valence-corrected chi connectivity index (χ4v) is 4.24. The molecule has 1 amide bonds. The van der Waals surface area contributed by atoms with E-state index in [2.05, 4.69) is 30.3 Å². The Kier molecular flexibility index (Phi) is 5.45. The average molecular weight is 398 g/mol. The minimum Gasteiger partial charge on any atom is -0.356 e. The molecule has 0 saturated carbocycles. The topological polar surface area (TPSA) is 97.0 Å². The van der Waals surface area contributed by atoms with Crippen molar-refractivity contribution in [2.24, 2.45) is 0 Å². The lowest BCUT2D eigenvalue weighted by Gasteiger charge is -2.32. The number of nitrogens with one attached hydrogen (secondary N) is 1. The highest BCUT2D eigenvalue weighted by Gasteiger charge is 2.27. The highest BCUT2D eigenvalue weighted by atomic mass is 32.1. The van der Waals surface area contributed by atoms with Crippen molar-refractivity contribution in [1.29, 1.82) is 0 Å². The third kappa shape index (κ3) is 4.26. The summed E-state index contributed by atoms with van der Waals surface area (Å²) < 4.78 is 5.43. The first-order valence-electron chi connectivity index (χ1n) is 9.26. The maximum absolute atomic E-state index is 12.4. The van der Waals surface area contributed by atoms with E-state index in [4.69, 9.17) is 4.52 Å². The van der Waals surface area contributed by atoms with Gasteiger partial charge in [-0.05, 0) is 33.2 Å². The van der Waals surface area contributed by atoms with Gasteiger partial charge in [-0.15, -0.1) is 11.3 Å². The van der Waals surface area contributed by atoms with Crippen LogP contribution in [-0.4, -0.2) is 50.5 Å². The van der Waals surface area contributed by atoms with Crippen LogP contribution in [0.3, 0.4) is 0 Å². The molecule has 0 bridgehead atoms. The van der Waals surface area contributed by atoms with Crippen LogP contribution in [0.4, 0.5) is 5.13 Å². The Hall–Kier alpha value is -2.65. The normalized spacial score (nSPS) is 17.6. The summed E-state index contributed by atoms with van der Waals surface area (Å²) in [4.78, 5) is 27.5. The van der Waals surface area contributed by atoms with E-state index < -0.39 is 0 Å². The molecule has 0 aliphatic carbocycles. The van der Waals surface area contributed by atoms with Crippen LogP contribution < -0.4 is 5.32 Å². The lowest BCUT2D eigenvalue weighted by Crippen LogP contribution is -2.40. The van der Waals surface area contributed by atoms with Crippen molar-refractivity contribution in [1.82, 2.24) is 25.0 Å². The number of nitrogens with zero attached hydrogens (tertiary/aromatic N) is 5. The molecule has 146 valence electrons. The number of carbonyl (C=O) groups is 1. The van der Waals surface area contributed by atoms with Gasteiger partial charge in [-0.25, -0.2) is 15.0 Å². The van der Waals surface area contributed by atoms with Crippen molar-refractivity contribution in [3.8, 4) is 11.3 Å². The lowest BCUT2D eigenvalue weighted by atomic mass is 9.91. The van der Waals surface area contributed by atoms with Crippen LogP contribution in [0.15, 0.2) is 28.5 Å². The van der Waals surface area contributed by atoms with Crippen LogP contribution in [0.1, 0.15) is 35.8 Å². The van der Waals surface area contributed by atoms with E-state index in [-0.39, 0.29) is 11.8 Å². The quantitative estimate of drug-likeness (QED) is 0.705. The van der Waals surface area contributed by atoms with E-state index >= 15 is 0 Å². The number of amides is 1. The van der Waals surface area contributed by atoms with Crippen LogP contribution >= 0.6 is 11.3 Å². The number of piperidine rings is 1. The molecule has 28 heavy (non-hydrogen) atoms. The standard InChI is InChI=1S/C19H22N6O2S/c1-12-6-16(27-24-12)15-7-20-11-21-18(15)14-4-3-5-25(8-14)9-17(26)23-19-22-13(2)10-28-19/h6-7,10-11,14H,3-5,8-9H2,1-2H3,(H,22,23,26)/t14-/m1/s1. The van der Waals surface area contributed by atoms with Crippen molar-refractivity contribution >= 4 is 22.4 Å². The van der Waals surface area contributed by atoms with Crippen LogP contribution in [0.5, 0.6) is 0 Å². The van der Waals surface area contributed by atoms with Crippen molar-refractivity contribution < 1.29 is 9.32 Å². The Balaban J connectivity index is 1.45. The number of carbonyl (C=O) groups excluding carboxylic acids is 1. The molecule has 4 heterocycles. The molecule has 3 aromatic rings.